The molecule has 92 valence electrons. The molecule has 2 aliphatic carbocycles. The van der Waals surface area contributed by atoms with Crippen LogP contribution in [-0.4, -0.2) is 0 Å². The summed E-state index contributed by atoms with van der Waals surface area (Å²) in [5, 5.41) is 0. The lowest BCUT2D eigenvalue weighted by Crippen LogP contribution is -1.99. The third-order valence-electron chi connectivity index (χ3n) is 4.46. The van der Waals surface area contributed by atoms with Crippen LogP contribution >= 0.6 is 0 Å². The van der Waals surface area contributed by atoms with Gasteiger partial charge >= 0.3 is 0 Å². The minimum absolute atomic E-state index is 0.987. The summed E-state index contributed by atoms with van der Waals surface area (Å²) >= 11 is 0. The van der Waals surface area contributed by atoms with E-state index in [0.29, 0.717) is 0 Å². The molecule has 2 rings (SSSR count). The zero-order chi connectivity index (χ0) is 11.1. The minimum atomic E-state index is 0.987. The molecule has 0 spiro atoms. The molecule has 0 atom stereocenters. The van der Waals surface area contributed by atoms with Crippen molar-refractivity contribution in [1.29, 1.82) is 0 Å². The topological polar surface area (TPSA) is 0 Å². The lowest BCUT2D eigenvalue weighted by molar-refractivity contribution is 0.564. The first-order valence-corrected chi connectivity index (χ1v) is 7.66. The first-order valence-electron chi connectivity index (χ1n) is 7.66. The van der Waals surface area contributed by atoms with E-state index in [4.69, 9.17) is 0 Å². The van der Waals surface area contributed by atoms with Crippen LogP contribution in [0.5, 0.6) is 0 Å². The smallest absolute Gasteiger partial charge is 0.0203 e. The summed E-state index contributed by atoms with van der Waals surface area (Å²) in [6, 6.07) is 0. The third-order valence-corrected chi connectivity index (χ3v) is 4.46. The van der Waals surface area contributed by atoms with Crippen LogP contribution in [0.25, 0.3) is 0 Å². The van der Waals surface area contributed by atoms with Crippen molar-refractivity contribution in [2.75, 3.05) is 0 Å². The van der Waals surface area contributed by atoms with Gasteiger partial charge in [-0.05, 0) is 44.4 Å². The molecule has 0 heterocycles. The highest BCUT2D eigenvalue weighted by Crippen LogP contribution is 2.34. The molecule has 0 aliphatic heterocycles. The van der Waals surface area contributed by atoms with Gasteiger partial charge in [0.2, 0.25) is 0 Å². The van der Waals surface area contributed by atoms with Crippen molar-refractivity contribution in [2.45, 2.75) is 83.5 Å². The second-order valence-corrected chi connectivity index (χ2v) is 5.77. The van der Waals surface area contributed by atoms with Crippen LogP contribution in [0, 0.1) is 5.92 Å². The Morgan fingerprint density at radius 1 is 0.688 bits per heavy atom. The second kappa shape index (κ2) is 7.14. The van der Waals surface area contributed by atoms with Gasteiger partial charge in [-0.1, -0.05) is 56.6 Å². The first kappa shape index (κ1) is 12.2. The molecule has 0 amide bonds. The fourth-order valence-electron chi connectivity index (χ4n) is 3.41. The quantitative estimate of drug-likeness (QED) is 0.502. The van der Waals surface area contributed by atoms with Crippen molar-refractivity contribution in [3.8, 4) is 0 Å². The molecule has 0 saturated heterocycles. The molecule has 0 aromatic carbocycles. The van der Waals surface area contributed by atoms with Gasteiger partial charge in [-0.3, -0.25) is 0 Å². The molecule has 16 heavy (non-hydrogen) atoms. The summed E-state index contributed by atoms with van der Waals surface area (Å²) in [7, 11) is 0. The predicted octanol–water partition coefficient (Wildman–Crippen LogP) is 5.63. The normalized spacial score (nSPS) is 29.4. The highest BCUT2D eigenvalue weighted by Gasteiger charge is 2.18. The molecule has 0 aromatic heterocycles. The molecule has 1 fully saturated rings. The van der Waals surface area contributed by atoms with Gasteiger partial charge in [0.15, 0.2) is 0 Å². The molecule has 0 N–H and O–H groups in total. The van der Waals surface area contributed by atoms with E-state index in [0.717, 1.165) is 5.92 Å². The Morgan fingerprint density at radius 3 is 2.06 bits per heavy atom. The molecule has 2 aliphatic rings. The number of hydrogen-bond acceptors (Lipinski definition) is 0. The fraction of sp³-hybridized carbons (Fsp3) is 0.875. The van der Waals surface area contributed by atoms with Crippen molar-refractivity contribution in [2.24, 2.45) is 5.92 Å². The van der Waals surface area contributed by atoms with E-state index in [9.17, 15) is 0 Å². The maximum atomic E-state index is 2.63. The molecule has 0 unspecified atom stereocenters. The van der Waals surface area contributed by atoms with Gasteiger partial charge in [0.25, 0.3) is 0 Å². The zero-order valence-corrected chi connectivity index (χ0v) is 10.8. The molecule has 0 radical (unpaired) electrons. The third kappa shape index (κ3) is 3.96. The molecule has 1 saturated carbocycles. The van der Waals surface area contributed by atoms with Crippen LogP contribution in [0.4, 0.5) is 0 Å². The van der Waals surface area contributed by atoms with Crippen LogP contribution in [0.2, 0.25) is 0 Å². The van der Waals surface area contributed by atoms with Gasteiger partial charge < -0.3 is 0 Å². The number of hydrogen-bond donors (Lipinski definition) is 0. The molecule has 0 aromatic rings. The molecule has 0 bridgehead atoms. The van der Waals surface area contributed by atoms with Crippen molar-refractivity contribution < 1.29 is 0 Å². The van der Waals surface area contributed by atoms with Crippen molar-refractivity contribution >= 4 is 0 Å². The van der Waals surface area contributed by atoms with Gasteiger partial charge in [-0.2, -0.15) is 0 Å². The second-order valence-electron chi connectivity index (χ2n) is 5.77. The van der Waals surface area contributed by atoms with Gasteiger partial charge in [-0.25, -0.2) is 0 Å². The first-order chi connectivity index (χ1) is 7.97. The molecular weight excluding hydrogens is 192 g/mol. The summed E-state index contributed by atoms with van der Waals surface area (Å²) in [6.45, 7) is 0. The van der Waals surface area contributed by atoms with Gasteiger partial charge in [0.1, 0.15) is 0 Å². The van der Waals surface area contributed by atoms with Crippen LogP contribution in [-0.2, 0) is 0 Å². The van der Waals surface area contributed by atoms with E-state index in [1.807, 2.05) is 5.57 Å². The van der Waals surface area contributed by atoms with Crippen LogP contribution in [0.15, 0.2) is 11.6 Å². The average molecular weight is 220 g/mol. The lowest BCUT2D eigenvalue weighted by Gasteiger charge is -2.14. The summed E-state index contributed by atoms with van der Waals surface area (Å²) in [5.74, 6) is 0.987. The average Bonchev–Trinajstić information content (AvgIpc) is 2.79. The van der Waals surface area contributed by atoms with Crippen molar-refractivity contribution in [1.82, 2.24) is 0 Å². The number of rotatable bonds is 1. The van der Waals surface area contributed by atoms with E-state index in [-0.39, 0.29) is 0 Å². The molecular formula is C16H28. The van der Waals surface area contributed by atoms with E-state index < -0.39 is 0 Å². The Hall–Kier alpha value is -0.260. The summed E-state index contributed by atoms with van der Waals surface area (Å²) in [6.07, 6.45) is 21.7. The Morgan fingerprint density at radius 2 is 1.31 bits per heavy atom. The van der Waals surface area contributed by atoms with Crippen molar-refractivity contribution in [3.63, 3.8) is 0 Å². The summed E-state index contributed by atoms with van der Waals surface area (Å²) in [5.41, 5.74) is 1.85. The fourth-order valence-corrected chi connectivity index (χ4v) is 3.41. The molecule has 0 heteroatoms. The monoisotopic (exact) mass is 220 g/mol. The maximum absolute atomic E-state index is 2.63. The Kier molecular flexibility index (Phi) is 5.45. The van der Waals surface area contributed by atoms with Crippen LogP contribution < -0.4 is 0 Å². The lowest BCUT2D eigenvalue weighted by atomic mass is 9.91. The zero-order valence-electron chi connectivity index (χ0n) is 10.8. The van der Waals surface area contributed by atoms with E-state index >= 15 is 0 Å². The van der Waals surface area contributed by atoms with E-state index in [1.54, 1.807) is 0 Å². The van der Waals surface area contributed by atoms with E-state index in [2.05, 4.69) is 6.08 Å². The Balaban J connectivity index is 1.87. The summed E-state index contributed by atoms with van der Waals surface area (Å²) < 4.78 is 0. The van der Waals surface area contributed by atoms with Crippen LogP contribution in [0.1, 0.15) is 83.5 Å². The SMILES string of the molecule is C1=C(/C2CCCC2)CCCCCCCCC/1. The predicted molar refractivity (Wildman–Crippen MR) is 71.6 cm³/mol. The summed E-state index contributed by atoms with van der Waals surface area (Å²) in [4.78, 5) is 0. The Labute approximate surface area is 102 Å². The minimum Gasteiger partial charge on any atom is -0.0851 e. The van der Waals surface area contributed by atoms with Gasteiger partial charge in [0, 0.05) is 0 Å². The standard InChI is InChI=1S/C16H28/c1-2-4-6-8-12-15(11-7-5-3-1)16-13-9-10-14-16/h11,16H,1-10,12-14H2/b15-11+. The van der Waals surface area contributed by atoms with Gasteiger partial charge in [-0.15, -0.1) is 0 Å². The van der Waals surface area contributed by atoms with Gasteiger partial charge in [0.05, 0.1) is 0 Å². The largest absolute Gasteiger partial charge is 0.0851 e. The maximum Gasteiger partial charge on any atom is -0.0203 e. The highest BCUT2D eigenvalue weighted by molar-refractivity contribution is 5.08. The molecule has 0 nitrogen and oxygen atoms in total. The Bertz CT molecular complexity index is 208. The van der Waals surface area contributed by atoms with Crippen molar-refractivity contribution in [3.05, 3.63) is 11.6 Å². The van der Waals surface area contributed by atoms with E-state index in [1.165, 1.54) is 83.5 Å². The number of allylic oxidation sites excluding steroid dienone is 2. The highest BCUT2D eigenvalue weighted by atomic mass is 14.2. The van der Waals surface area contributed by atoms with Crippen LogP contribution in [0.3, 0.4) is 0 Å².